The van der Waals surface area contributed by atoms with Gasteiger partial charge in [-0.25, -0.2) is 4.79 Å². The highest BCUT2D eigenvalue weighted by Crippen LogP contribution is 2.33. The first-order valence-electron chi connectivity index (χ1n) is 5.53. The van der Waals surface area contributed by atoms with Crippen molar-refractivity contribution in [2.24, 2.45) is 11.7 Å². The van der Waals surface area contributed by atoms with Crippen molar-refractivity contribution in [3.63, 3.8) is 0 Å². The second-order valence-corrected chi connectivity index (χ2v) is 4.16. The number of primary amides is 1. The number of carbonyl (C=O) groups excluding carboxylic acids is 2. The lowest BCUT2D eigenvalue weighted by Gasteiger charge is -2.16. The van der Waals surface area contributed by atoms with Crippen LogP contribution in [0.3, 0.4) is 0 Å². The Labute approximate surface area is 98.7 Å². The topological polar surface area (TPSA) is 122 Å². The summed E-state index contributed by atoms with van der Waals surface area (Å²) in [7, 11) is 0. The predicted octanol–water partition coefficient (Wildman–Crippen LogP) is -0.586. The van der Waals surface area contributed by atoms with Crippen LogP contribution in [0, 0.1) is 5.92 Å². The zero-order chi connectivity index (χ0) is 12.8. The van der Waals surface area contributed by atoms with Crippen LogP contribution in [0.4, 0.5) is 4.79 Å². The molecule has 0 saturated heterocycles. The van der Waals surface area contributed by atoms with E-state index in [1.165, 1.54) is 0 Å². The molecule has 5 N–H and O–H groups in total. The van der Waals surface area contributed by atoms with E-state index in [4.69, 9.17) is 10.8 Å². The Kier molecular flexibility index (Phi) is 4.74. The van der Waals surface area contributed by atoms with Gasteiger partial charge in [-0.2, -0.15) is 0 Å². The van der Waals surface area contributed by atoms with E-state index < -0.39 is 17.9 Å². The van der Waals surface area contributed by atoms with Crippen LogP contribution in [0.2, 0.25) is 0 Å². The van der Waals surface area contributed by atoms with Gasteiger partial charge >= 0.3 is 12.0 Å². The number of carboxylic acids is 1. The lowest BCUT2D eigenvalue weighted by molar-refractivity contribution is -0.137. The molecule has 0 aromatic rings. The van der Waals surface area contributed by atoms with Crippen LogP contribution in [-0.4, -0.2) is 35.6 Å². The van der Waals surface area contributed by atoms with Crippen LogP contribution < -0.4 is 16.4 Å². The Morgan fingerprint density at radius 2 is 2.00 bits per heavy atom. The molecular weight excluding hydrogens is 226 g/mol. The molecule has 1 aliphatic carbocycles. The van der Waals surface area contributed by atoms with Crippen LogP contribution in [0.5, 0.6) is 0 Å². The zero-order valence-corrected chi connectivity index (χ0v) is 9.44. The first-order chi connectivity index (χ1) is 7.99. The minimum absolute atomic E-state index is 0.0699. The third-order valence-corrected chi connectivity index (χ3v) is 2.56. The maximum absolute atomic E-state index is 11.4. The second kappa shape index (κ2) is 6.07. The van der Waals surface area contributed by atoms with Gasteiger partial charge in [0, 0.05) is 19.0 Å². The highest BCUT2D eigenvalue weighted by atomic mass is 16.4. The molecule has 1 fully saturated rings. The largest absolute Gasteiger partial charge is 0.481 e. The molecule has 0 radical (unpaired) electrons. The van der Waals surface area contributed by atoms with Crippen molar-refractivity contribution in [1.29, 1.82) is 0 Å². The van der Waals surface area contributed by atoms with Crippen molar-refractivity contribution in [2.75, 3.05) is 6.54 Å². The summed E-state index contributed by atoms with van der Waals surface area (Å²) >= 11 is 0. The van der Waals surface area contributed by atoms with Crippen molar-refractivity contribution in [2.45, 2.75) is 31.7 Å². The number of rotatable bonds is 7. The van der Waals surface area contributed by atoms with Gasteiger partial charge in [-0.1, -0.05) is 0 Å². The van der Waals surface area contributed by atoms with Gasteiger partial charge in [-0.3, -0.25) is 9.59 Å². The standard InChI is InChI=1S/C10H17N3O4/c11-8(14)3-4-12-10(17)13-7(5-9(15)16)6-1-2-6/h6-7H,1-5H2,(H2,11,14)(H,15,16)(H2,12,13,17). The molecule has 1 saturated carbocycles. The summed E-state index contributed by atoms with van der Waals surface area (Å²) in [6.45, 7) is 0.158. The average molecular weight is 243 g/mol. The van der Waals surface area contributed by atoms with Crippen LogP contribution in [-0.2, 0) is 9.59 Å². The van der Waals surface area contributed by atoms with E-state index >= 15 is 0 Å². The quantitative estimate of drug-likeness (QED) is 0.477. The number of carbonyl (C=O) groups is 3. The van der Waals surface area contributed by atoms with E-state index in [0.717, 1.165) is 12.8 Å². The Morgan fingerprint density at radius 1 is 1.35 bits per heavy atom. The zero-order valence-electron chi connectivity index (χ0n) is 9.44. The van der Waals surface area contributed by atoms with Gasteiger partial charge in [-0.15, -0.1) is 0 Å². The minimum atomic E-state index is -0.931. The highest BCUT2D eigenvalue weighted by molar-refractivity contribution is 5.77. The summed E-state index contributed by atoms with van der Waals surface area (Å²) in [5.74, 6) is -1.16. The molecule has 7 nitrogen and oxygen atoms in total. The SMILES string of the molecule is NC(=O)CCNC(=O)NC(CC(=O)O)C1CC1. The van der Waals surface area contributed by atoms with Crippen LogP contribution >= 0.6 is 0 Å². The number of amides is 3. The summed E-state index contributed by atoms with van der Waals surface area (Å²) in [5.41, 5.74) is 4.92. The average Bonchev–Trinajstić information content (AvgIpc) is 2.98. The molecule has 1 rings (SSSR count). The summed E-state index contributed by atoms with van der Waals surface area (Å²) in [6.07, 6.45) is 1.88. The molecular formula is C10H17N3O4. The van der Waals surface area contributed by atoms with Crippen LogP contribution in [0.25, 0.3) is 0 Å². The number of hydrogen-bond donors (Lipinski definition) is 4. The molecule has 0 aliphatic heterocycles. The van der Waals surface area contributed by atoms with Crippen molar-refractivity contribution < 1.29 is 19.5 Å². The van der Waals surface area contributed by atoms with Gasteiger partial charge in [0.2, 0.25) is 5.91 Å². The Hall–Kier alpha value is -1.79. The minimum Gasteiger partial charge on any atom is -0.481 e. The third-order valence-electron chi connectivity index (χ3n) is 2.56. The molecule has 0 aromatic heterocycles. The fourth-order valence-corrected chi connectivity index (χ4v) is 1.54. The molecule has 0 bridgehead atoms. The number of aliphatic carboxylic acids is 1. The van der Waals surface area contributed by atoms with Crippen molar-refractivity contribution in [1.82, 2.24) is 10.6 Å². The molecule has 3 amide bonds. The Morgan fingerprint density at radius 3 is 2.47 bits per heavy atom. The summed E-state index contributed by atoms with van der Waals surface area (Å²) < 4.78 is 0. The van der Waals surface area contributed by atoms with Crippen molar-refractivity contribution in [3.8, 4) is 0 Å². The van der Waals surface area contributed by atoms with Gasteiger partial charge in [0.15, 0.2) is 0 Å². The first kappa shape index (κ1) is 13.3. The molecule has 96 valence electrons. The smallest absolute Gasteiger partial charge is 0.315 e. The van der Waals surface area contributed by atoms with Gasteiger partial charge < -0.3 is 21.5 Å². The van der Waals surface area contributed by atoms with E-state index in [0.29, 0.717) is 0 Å². The van der Waals surface area contributed by atoms with E-state index in [2.05, 4.69) is 10.6 Å². The van der Waals surface area contributed by atoms with E-state index in [1.54, 1.807) is 0 Å². The van der Waals surface area contributed by atoms with Gasteiger partial charge in [0.25, 0.3) is 0 Å². The number of carboxylic acid groups (broad SMARTS) is 1. The van der Waals surface area contributed by atoms with Crippen molar-refractivity contribution >= 4 is 17.9 Å². The maximum atomic E-state index is 11.4. The molecule has 7 heteroatoms. The fraction of sp³-hybridized carbons (Fsp3) is 0.700. The molecule has 1 atom stereocenters. The fourth-order valence-electron chi connectivity index (χ4n) is 1.54. The first-order valence-corrected chi connectivity index (χ1v) is 5.53. The van der Waals surface area contributed by atoms with Gasteiger partial charge in [0.1, 0.15) is 0 Å². The predicted molar refractivity (Wildman–Crippen MR) is 59.1 cm³/mol. The summed E-state index contributed by atoms with van der Waals surface area (Å²) in [4.78, 5) is 32.4. The number of hydrogen-bond acceptors (Lipinski definition) is 3. The van der Waals surface area contributed by atoms with Gasteiger partial charge in [0.05, 0.1) is 6.42 Å². The number of nitrogens with two attached hydrogens (primary N) is 1. The van der Waals surface area contributed by atoms with Crippen molar-refractivity contribution in [3.05, 3.63) is 0 Å². The molecule has 0 heterocycles. The van der Waals surface area contributed by atoms with E-state index in [9.17, 15) is 14.4 Å². The molecule has 0 spiro atoms. The maximum Gasteiger partial charge on any atom is 0.315 e. The third kappa shape index (κ3) is 5.74. The lowest BCUT2D eigenvalue weighted by atomic mass is 10.1. The van der Waals surface area contributed by atoms with Crippen LogP contribution in [0.15, 0.2) is 0 Å². The summed E-state index contributed by atoms with van der Waals surface area (Å²) in [6, 6.07) is -0.787. The summed E-state index contributed by atoms with van der Waals surface area (Å²) in [5, 5.41) is 13.7. The van der Waals surface area contributed by atoms with E-state index in [1.807, 2.05) is 0 Å². The van der Waals surface area contributed by atoms with E-state index in [-0.39, 0.29) is 31.3 Å². The molecule has 17 heavy (non-hydrogen) atoms. The second-order valence-electron chi connectivity index (χ2n) is 4.16. The highest BCUT2D eigenvalue weighted by Gasteiger charge is 2.33. The molecule has 0 aromatic carbocycles. The monoisotopic (exact) mass is 243 g/mol. The lowest BCUT2D eigenvalue weighted by Crippen LogP contribution is -2.44. The van der Waals surface area contributed by atoms with Gasteiger partial charge in [-0.05, 0) is 18.8 Å². The Balaban J connectivity index is 2.26. The number of nitrogens with one attached hydrogen (secondary N) is 2. The number of urea groups is 1. The Bertz CT molecular complexity index is 315. The normalized spacial score (nSPS) is 16.0. The molecule has 1 unspecified atom stereocenters. The van der Waals surface area contributed by atoms with Crippen LogP contribution in [0.1, 0.15) is 25.7 Å². The molecule has 1 aliphatic rings.